The van der Waals surface area contributed by atoms with Gasteiger partial charge in [-0.05, 0) is 48.9 Å². The van der Waals surface area contributed by atoms with E-state index in [1.54, 1.807) is 23.0 Å². The zero-order valence-corrected chi connectivity index (χ0v) is 17.6. The first-order valence-corrected chi connectivity index (χ1v) is 11.0. The molecule has 0 spiro atoms. The molecule has 3 rings (SSSR count). The van der Waals surface area contributed by atoms with E-state index in [0.29, 0.717) is 5.02 Å². The molecule has 0 fully saturated rings. The molecule has 0 aliphatic rings. The molecule has 9 heteroatoms. The highest BCUT2D eigenvalue weighted by Crippen LogP contribution is 2.22. The van der Waals surface area contributed by atoms with Crippen LogP contribution in [-0.4, -0.2) is 46.8 Å². The molecule has 152 valence electrons. The highest BCUT2D eigenvalue weighted by atomic mass is 35.5. The van der Waals surface area contributed by atoms with Gasteiger partial charge in [0.05, 0.1) is 22.4 Å². The Kier molecular flexibility index (Phi) is 6.34. The molecule has 1 unspecified atom stereocenters. The minimum Gasteiger partial charge on any atom is -0.339 e. The Morgan fingerprint density at radius 2 is 1.79 bits per heavy atom. The molecule has 0 bridgehead atoms. The first-order valence-electron chi connectivity index (χ1n) is 8.97. The summed E-state index contributed by atoms with van der Waals surface area (Å²) < 4.78 is 26.5. The number of hydrogen-bond acceptors (Lipinski definition) is 5. The van der Waals surface area contributed by atoms with Crippen molar-refractivity contribution in [3.63, 3.8) is 0 Å². The first kappa shape index (κ1) is 21.0. The van der Waals surface area contributed by atoms with Gasteiger partial charge in [-0.3, -0.25) is 4.79 Å². The molecule has 0 saturated carbocycles. The minimum atomic E-state index is -3.55. The third-order valence-corrected chi connectivity index (χ3v) is 6.77. The second-order valence-electron chi connectivity index (χ2n) is 6.63. The molecule has 29 heavy (non-hydrogen) atoms. The van der Waals surface area contributed by atoms with Crippen LogP contribution in [0.1, 0.15) is 24.9 Å². The number of carbonyl (C=O) groups is 1. The Morgan fingerprint density at radius 3 is 2.38 bits per heavy atom. The SMILES string of the molecule is CC(c1ccc(-n2cncn2)cc1)N(C)C(=O)CCS(=O)(=O)c1ccc(Cl)cc1. The van der Waals surface area contributed by atoms with E-state index in [9.17, 15) is 13.2 Å². The van der Waals surface area contributed by atoms with Crippen molar-refractivity contribution in [3.05, 3.63) is 71.8 Å². The van der Waals surface area contributed by atoms with Crippen LogP contribution in [0.5, 0.6) is 0 Å². The molecule has 7 nitrogen and oxygen atoms in total. The van der Waals surface area contributed by atoms with Crippen LogP contribution in [0.4, 0.5) is 0 Å². The topological polar surface area (TPSA) is 85.2 Å². The summed E-state index contributed by atoms with van der Waals surface area (Å²) in [6.45, 7) is 1.90. The second-order valence-corrected chi connectivity index (χ2v) is 9.18. The van der Waals surface area contributed by atoms with Crippen LogP contribution in [0, 0.1) is 0 Å². The van der Waals surface area contributed by atoms with Gasteiger partial charge in [0, 0.05) is 18.5 Å². The van der Waals surface area contributed by atoms with Crippen molar-refractivity contribution in [2.24, 2.45) is 0 Å². The highest BCUT2D eigenvalue weighted by molar-refractivity contribution is 7.91. The van der Waals surface area contributed by atoms with Gasteiger partial charge in [0.2, 0.25) is 5.91 Å². The molecule has 3 aromatic rings. The van der Waals surface area contributed by atoms with Crippen molar-refractivity contribution < 1.29 is 13.2 Å². The molecular formula is C20H21ClN4O3S. The van der Waals surface area contributed by atoms with E-state index in [4.69, 9.17) is 11.6 Å². The largest absolute Gasteiger partial charge is 0.339 e. The van der Waals surface area contributed by atoms with Crippen molar-refractivity contribution in [1.29, 1.82) is 0 Å². The molecule has 1 amide bonds. The van der Waals surface area contributed by atoms with Gasteiger partial charge in [0.15, 0.2) is 9.84 Å². The van der Waals surface area contributed by atoms with Crippen molar-refractivity contribution >= 4 is 27.3 Å². The summed E-state index contributed by atoms with van der Waals surface area (Å²) >= 11 is 5.80. The van der Waals surface area contributed by atoms with E-state index >= 15 is 0 Å². The normalized spacial score (nSPS) is 12.5. The number of benzene rings is 2. The van der Waals surface area contributed by atoms with Gasteiger partial charge >= 0.3 is 0 Å². The van der Waals surface area contributed by atoms with Gasteiger partial charge in [0.25, 0.3) is 0 Å². The molecule has 2 aromatic carbocycles. The van der Waals surface area contributed by atoms with E-state index in [1.165, 1.54) is 30.6 Å². The Bertz CT molecular complexity index is 1070. The lowest BCUT2D eigenvalue weighted by atomic mass is 10.1. The average molecular weight is 433 g/mol. The van der Waals surface area contributed by atoms with E-state index in [2.05, 4.69) is 10.1 Å². The minimum absolute atomic E-state index is 0.0944. The Labute approximate surface area is 174 Å². The van der Waals surface area contributed by atoms with E-state index in [-0.39, 0.29) is 29.0 Å². The van der Waals surface area contributed by atoms with Crippen LogP contribution >= 0.6 is 11.6 Å². The van der Waals surface area contributed by atoms with Gasteiger partial charge < -0.3 is 4.90 Å². The summed E-state index contributed by atoms with van der Waals surface area (Å²) in [5.74, 6) is -0.495. The summed E-state index contributed by atoms with van der Waals surface area (Å²) in [7, 11) is -1.87. The maximum Gasteiger partial charge on any atom is 0.223 e. The van der Waals surface area contributed by atoms with E-state index in [0.717, 1.165) is 11.3 Å². The zero-order valence-electron chi connectivity index (χ0n) is 16.1. The molecule has 0 N–H and O–H groups in total. The van der Waals surface area contributed by atoms with Gasteiger partial charge in [0.1, 0.15) is 12.7 Å². The molecule has 0 aliphatic heterocycles. The highest BCUT2D eigenvalue weighted by Gasteiger charge is 2.21. The molecule has 1 heterocycles. The number of nitrogens with zero attached hydrogens (tertiary/aromatic N) is 4. The number of hydrogen-bond donors (Lipinski definition) is 0. The number of halogens is 1. The van der Waals surface area contributed by atoms with Gasteiger partial charge in [-0.1, -0.05) is 23.7 Å². The van der Waals surface area contributed by atoms with Crippen molar-refractivity contribution in [3.8, 4) is 5.69 Å². The van der Waals surface area contributed by atoms with Crippen molar-refractivity contribution in [2.75, 3.05) is 12.8 Å². The fourth-order valence-electron chi connectivity index (χ4n) is 2.84. The average Bonchev–Trinajstić information content (AvgIpc) is 3.26. The molecule has 0 aliphatic carbocycles. The van der Waals surface area contributed by atoms with Crippen LogP contribution in [0.3, 0.4) is 0 Å². The third kappa shape index (κ3) is 5.02. The van der Waals surface area contributed by atoms with Crippen molar-refractivity contribution in [1.82, 2.24) is 19.7 Å². The number of carbonyl (C=O) groups excluding carboxylic acids is 1. The van der Waals surface area contributed by atoms with Gasteiger partial charge in [-0.2, -0.15) is 5.10 Å². The van der Waals surface area contributed by atoms with Gasteiger partial charge in [-0.25, -0.2) is 18.1 Å². The number of aromatic nitrogens is 3. The fourth-order valence-corrected chi connectivity index (χ4v) is 4.20. The molecule has 0 saturated heterocycles. The maximum absolute atomic E-state index is 12.6. The lowest BCUT2D eigenvalue weighted by molar-refractivity contribution is -0.131. The molecule has 0 radical (unpaired) electrons. The monoisotopic (exact) mass is 432 g/mol. The van der Waals surface area contributed by atoms with Crippen LogP contribution in [0.15, 0.2) is 66.1 Å². The predicted octanol–water partition coefficient (Wildman–Crippen LogP) is 3.30. The number of rotatable bonds is 7. The summed E-state index contributed by atoms with van der Waals surface area (Å²) in [5.41, 5.74) is 1.80. The van der Waals surface area contributed by atoms with Gasteiger partial charge in [-0.15, -0.1) is 0 Å². The Balaban J connectivity index is 1.62. The van der Waals surface area contributed by atoms with Crippen LogP contribution in [0.2, 0.25) is 5.02 Å². The molecular weight excluding hydrogens is 412 g/mol. The van der Waals surface area contributed by atoms with Crippen LogP contribution in [-0.2, 0) is 14.6 Å². The lowest BCUT2D eigenvalue weighted by Gasteiger charge is -2.25. The Hall–Kier alpha value is -2.71. The summed E-state index contributed by atoms with van der Waals surface area (Å²) in [6, 6.07) is 13.3. The number of sulfone groups is 1. The quantitative estimate of drug-likeness (QED) is 0.571. The van der Waals surface area contributed by atoms with E-state index in [1.807, 2.05) is 31.2 Å². The third-order valence-electron chi connectivity index (χ3n) is 4.79. The summed E-state index contributed by atoms with van der Waals surface area (Å²) in [5, 5.41) is 4.54. The smallest absolute Gasteiger partial charge is 0.223 e. The zero-order chi connectivity index (χ0) is 21.0. The first-order chi connectivity index (χ1) is 13.8. The van der Waals surface area contributed by atoms with Crippen LogP contribution < -0.4 is 0 Å². The lowest BCUT2D eigenvalue weighted by Crippen LogP contribution is -2.31. The van der Waals surface area contributed by atoms with E-state index < -0.39 is 9.84 Å². The molecule has 1 aromatic heterocycles. The summed E-state index contributed by atoms with van der Waals surface area (Å²) in [4.78, 5) is 18.2. The standard InChI is InChI=1S/C20H21ClN4O3S/c1-15(16-3-7-18(8-4-16)25-14-22-13-23-25)24(2)20(26)11-12-29(27,28)19-9-5-17(21)6-10-19/h3-10,13-15H,11-12H2,1-2H3. The molecule has 1 atom stereocenters. The number of amides is 1. The Morgan fingerprint density at radius 1 is 1.14 bits per heavy atom. The summed E-state index contributed by atoms with van der Waals surface area (Å²) in [6.07, 6.45) is 2.97. The van der Waals surface area contributed by atoms with Crippen molar-refractivity contribution in [2.45, 2.75) is 24.3 Å². The second kappa shape index (κ2) is 8.75. The maximum atomic E-state index is 12.6. The van der Waals surface area contributed by atoms with Crippen LogP contribution in [0.25, 0.3) is 5.69 Å². The predicted molar refractivity (Wildman–Crippen MR) is 111 cm³/mol. The fraction of sp³-hybridized carbons (Fsp3) is 0.250.